The number of nitrogens with one attached hydrogen (secondary N) is 1. The van der Waals surface area contributed by atoms with Gasteiger partial charge in [0.05, 0.1) is 0 Å². The molecule has 1 aromatic rings. The van der Waals surface area contributed by atoms with Gasteiger partial charge >= 0.3 is 0 Å². The Balaban J connectivity index is 3.14. The number of hydrogen-bond acceptors (Lipinski definition) is 3. The van der Waals surface area contributed by atoms with Crippen LogP contribution in [0.1, 0.15) is 20.8 Å². The Morgan fingerprint density at radius 2 is 1.67 bits per heavy atom. The van der Waals surface area contributed by atoms with Crippen molar-refractivity contribution in [1.29, 1.82) is 0 Å². The van der Waals surface area contributed by atoms with E-state index >= 15 is 0 Å². The van der Waals surface area contributed by atoms with Gasteiger partial charge in [0.25, 0.3) is 0 Å². The lowest BCUT2D eigenvalue weighted by Crippen LogP contribution is -2.32. The summed E-state index contributed by atoms with van der Waals surface area (Å²) in [4.78, 5) is 0.168. The van der Waals surface area contributed by atoms with E-state index in [1.165, 1.54) is 0 Å². The lowest BCUT2D eigenvalue weighted by Gasteiger charge is -2.19. The maximum atomic E-state index is 12.2. The van der Waals surface area contributed by atoms with Gasteiger partial charge in [0.1, 0.15) is 4.90 Å². The van der Waals surface area contributed by atoms with Crippen molar-refractivity contribution in [2.24, 2.45) is 5.41 Å². The highest BCUT2D eigenvalue weighted by molar-refractivity contribution is 9.11. The number of sulfonamides is 1. The Hall–Kier alpha value is -0.110. The van der Waals surface area contributed by atoms with Crippen LogP contribution in [0.2, 0.25) is 0 Å². The standard InChI is InChI=1S/C11H16Br2N2O2S/c1-11(2,3)6-15-18(16,17)10-8(12)4-7(14)5-9(10)13/h4-5,15H,6,14H2,1-3H3. The first kappa shape index (κ1) is 15.9. The minimum Gasteiger partial charge on any atom is -0.399 e. The highest BCUT2D eigenvalue weighted by Crippen LogP contribution is 2.32. The molecule has 4 nitrogen and oxygen atoms in total. The maximum absolute atomic E-state index is 12.2. The van der Waals surface area contributed by atoms with Crippen LogP contribution in [0.4, 0.5) is 5.69 Å². The normalized spacial score (nSPS) is 12.7. The fourth-order valence-corrected chi connectivity index (χ4v) is 5.12. The predicted octanol–water partition coefficient (Wildman–Crippen LogP) is 3.12. The molecule has 0 saturated carbocycles. The Bertz CT molecular complexity index is 528. The van der Waals surface area contributed by atoms with Crippen molar-refractivity contribution in [3.8, 4) is 0 Å². The SMILES string of the molecule is CC(C)(C)CNS(=O)(=O)c1c(Br)cc(N)cc1Br. The molecule has 7 heteroatoms. The summed E-state index contributed by atoms with van der Waals surface area (Å²) < 4.78 is 27.9. The van der Waals surface area contributed by atoms with Gasteiger partial charge in [-0.2, -0.15) is 0 Å². The maximum Gasteiger partial charge on any atom is 0.242 e. The molecule has 1 rings (SSSR count). The van der Waals surface area contributed by atoms with Crippen molar-refractivity contribution < 1.29 is 8.42 Å². The van der Waals surface area contributed by atoms with Gasteiger partial charge in [0.2, 0.25) is 10.0 Å². The zero-order valence-electron chi connectivity index (χ0n) is 10.4. The third-order valence-corrected chi connectivity index (χ3v) is 5.36. The molecule has 102 valence electrons. The van der Waals surface area contributed by atoms with Gasteiger partial charge in [-0.05, 0) is 49.4 Å². The predicted molar refractivity (Wildman–Crippen MR) is 80.9 cm³/mol. The third kappa shape index (κ3) is 4.22. The number of nitrogens with two attached hydrogens (primary N) is 1. The molecule has 0 aliphatic carbocycles. The summed E-state index contributed by atoms with van der Waals surface area (Å²) in [6, 6.07) is 3.13. The zero-order valence-corrected chi connectivity index (χ0v) is 14.4. The van der Waals surface area contributed by atoms with E-state index in [2.05, 4.69) is 36.6 Å². The monoisotopic (exact) mass is 398 g/mol. The molecule has 0 aliphatic heterocycles. The molecule has 0 amide bonds. The largest absolute Gasteiger partial charge is 0.399 e. The second-order valence-corrected chi connectivity index (χ2v) is 8.61. The molecule has 0 radical (unpaired) electrons. The smallest absolute Gasteiger partial charge is 0.242 e. The molecule has 0 unspecified atom stereocenters. The first-order chi connectivity index (χ1) is 8.03. The van der Waals surface area contributed by atoms with Gasteiger partial charge in [-0.1, -0.05) is 20.8 Å². The molecule has 0 fully saturated rings. The van der Waals surface area contributed by atoms with E-state index in [9.17, 15) is 8.42 Å². The fraction of sp³-hybridized carbons (Fsp3) is 0.455. The average Bonchev–Trinajstić information content (AvgIpc) is 2.11. The molecule has 0 saturated heterocycles. The van der Waals surface area contributed by atoms with Gasteiger partial charge in [-0.25, -0.2) is 13.1 Å². The first-order valence-corrected chi connectivity index (χ1v) is 8.34. The van der Waals surface area contributed by atoms with Crippen molar-refractivity contribution in [1.82, 2.24) is 4.72 Å². The van der Waals surface area contributed by atoms with Crippen molar-refractivity contribution in [3.63, 3.8) is 0 Å². The average molecular weight is 400 g/mol. The van der Waals surface area contributed by atoms with Gasteiger partial charge < -0.3 is 5.73 Å². The molecule has 18 heavy (non-hydrogen) atoms. The molecule has 0 aliphatic rings. The van der Waals surface area contributed by atoms with E-state index in [4.69, 9.17) is 5.73 Å². The summed E-state index contributed by atoms with van der Waals surface area (Å²) >= 11 is 6.45. The molecule has 0 atom stereocenters. The van der Waals surface area contributed by atoms with Crippen LogP contribution in [0.15, 0.2) is 26.0 Å². The number of halogens is 2. The van der Waals surface area contributed by atoms with Crippen molar-refractivity contribution in [2.75, 3.05) is 12.3 Å². The van der Waals surface area contributed by atoms with E-state index < -0.39 is 10.0 Å². The van der Waals surface area contributed by atoms with Gasteiger partial charge in [0.15, 0.2) is 0 Å². The van der Waals surface area contributed by atoms with Crippen LogP contribution in [0.3, 0.4) is 0 Å². The van der Waals surface area contributed by atoms with Crippen molar-refractivity contribution in [2.45, 2.75) is 25.7 Å². The van der Waals surface area contributed by atoms with Crippen molar-refractivity contribution in [3.05, 3.63) is 21.1 Å². The quantitative estimate of drug-likeness (QED) is 0.767. The number of rotatable bonds is 3. The van der Waals surface area contributed by atoms with Gasteiger partial charge in [-0.3, -0.25) is 0 Å². The van der Waals surface area contributed by atoms with Crippen LogP contribution < -0.4 is 10.5 Å². The van der Waals surface area contributed by atoms with Crippen molar-refractivity contribution >= 4 is 47.6 Å². The second kappa shape index (κ2) is 5.48. The molecule has 3 N–H and O–H groups in total. The first-order valence-electron chi connectivity index (χ1n) is 5.27. The van der Waals surface area contributed by atoms with E-state index in [1.54, 1.807) is 12.1 Å². The summed E-state index contributed by atoms with van der Waals surface area (Å²) in [5.41, 5.74) is 6.00. The molecule has 1 aromatic carbocycles. The number of benzene rings is 1. The summed E-state index contributed by atoms with van der Waals surface area (Å²) in [5, 5.41) is 0. The molecule has 0 heterocycles. The van der Waals surface area contributed by atoms with Crippen LogP contribution in [0.25, 0.3) is 0 Å². The summed E-state index contributed by atoms with van der Waals surface area (Å²) in [6.07, 6.45) is 0. The lowest BCUT2D eigenvalue weighted by molar-refractivity contribution is 0.407. The van der Waals surface area contributed by atoms with Crippen LogP contribution >= 0.6 is 31.9 Å². The summed E-state index contributed by atoms with van der Waals surface area (Å²) in [5.74, 6) is 0. The second-order valence-electron chi connectivity index (χ2n) is 5.20. The summed E-state index contributed by atoms with van der Waals surface area (Å²) in [6.45, 7) is 6.24. The van der Waals surface area contributed by atoms with E-state index in [1.807, 2.05) is 20.8 Å². The Morgan fingerprint density at radius 1 is 1.22 bits per heavy atom. The van der Waals surface area contributed by atoms with Crippen LogP contribution in [0.5, 0.6) is 0 Å². The number of nitrogen functional groups attached to an aromatic ring is 1. The number of hydrogen-bond donors (Lipinski definition) is 2. The highest BCUT2D eigenvalue weighted by Gasteiger charge is 2.23. The van der Waals surface area contributed by atoms with Gasteiger partial charge in [0, 0.05) is 21.2 Å². The molecule has 0 aromatic heterocycles. The zero-order chi connectivity index (χ0) is 14.1. The lowest BCUT2D eigenvalue weighted by atomic mass is 9.98. The Morgan fingerprint density at radius 3 is 2.06 bits per heavy atom. The minimum absolute atomic E-state index is 0.125. The Labute approximate surface area is 125 Å². The highest BCUT2D eigenvalue weighted by atomic mass is 79.9. The van der Waals surface area contributed by atoms with Crippen LogP contribution in [-0.2, 0) is 10.0 Å². The van der Waals surface area contributed by atoms with E-state index in [-0.39, 0.29) is 10.3 Å². The fourth-order valence-electron chi connectivity index (χ4n) is 1.22. The molecular weight excluding hydrogens is 384 g/mol. The van der Waals surface area contributed by atoms with E-state index in [0.29, 0.717) is 21.2 Å². The topological polar surface area (TPSA) is 72.2 Å². The minimum atomic E-state index is -3.57. The third-order valence-electron chi connectivity index (χ3n) is 2.08. The van der Waals surface area contributed by atoms with Crippen LogP contribution in [0, 0.1) is 5.41 Å². The molecule has 0 bridgehead atoms. The number of anilines is 1. The molecule has 0 spiro atoms. The van der Waals surface area contributed by atoms with Crippen LogP contribution in [-0.4, -0.2) is 15.0 Å². The van der Waals surface area contributed by atoms with E-state index in [0.717, 1.165) is 0 Å². The van der Waals surface area contributed by atoms with Gasteiger partial charge in [-0.15, -0.1) is 0 Å². The Kier molecular flexibility index (Phi) is 4.86. The molecular formula is C11H16Br2N2O2S. The summed E-state index contributed by atoms with van der Waals surface area (Å²) in [7, 11) is -3.57.